The maximum atomic E-state index is 12.3. The Morgan fingerprint density at radius 1 is 1.24 bits per heavy atom. The van der Waals surface area contributed by atoms with Crippen molar-refractivity contribution in [2.75, 3.05) is 13.6 Å². The molecule has 2 aromatic rings. The van der Waals surface area contributed by atoms with E-state index < -0.39 is 0 Å². The molecule has 140 valence electrons. The van der Waals surface area contributed by atoms with E-state index in [9.17, 15) is 9.59 Å². The van der Waals surface area contributed by atoms with Crippen LogP contribution in [-0.4, -0.2) is 39.6 Å². The number of hydrogen-bond acceptors (Lipinski definition) is 3. The van der Waals surface area contributed by atoms with Gasteiger partial charge in [0.1, 0.15) is 0 Å². The molecule has 0 saturated heterocycles. The highest BCUT2D eigenvalue weighted by Gasteiger charge is 2.15. The Morgan fingerprint density at radius 2 is 1.84 bits per heavy atom. The van der Waals surface area contributed by atoms with Crippen LogP contribution < -0.4 is 11.4 Å². The van der Waals surface area contributed by atoms with Crippen molar-refractivity contribution in [3.8, 4) is 0 Å². The van der Waals surface area contributed by atoms with Crippen LogP contribution in [0.25, 0.3) is 11.0 Å². The van der Waals surface area contributed by atoms with Crippen LogP contribution in [0.2, 0.25) is 0 Å². The third-order valence-corrected chi connectivity index (χ3v) is 4.68. The summed E-state index contributed by atoms with van der Waals surface area (Å²) >= 11 is 0. The zero-order chi connectivity index (χ0) is 17.9. The first-order chi connectivity index (χ1) is 11.3. The Balaban J connectivity index is 0.00000312. The number of fused-ring (bicyclic) bond motifs is 1. The molecule has 25 heavy (non-hydrogen) atoms. The zero-order valence-corrected chi connectivity index (χ0v) is 16.3. The first-order valence-electron chi connectivity index (χ1n) is 8.46. The Bertz CT molecular complexity index is 766. The number of aryl methyl sites for hydroxylation is 2. The maximum Gasteiger partial charge on any atom is 0.328 e. The first-order valence-corrected chi connectivity index (χ1v) is 8.46. The van der Waals surface area contributed by atoms with Crippen molar-refractivity contribution < 1.29 is 4.79 Å². The average Bonchev–Trinajstić information content (AvgIpc) is 2.81. The highest BCUT2D eigenvalue weighted by atomic mass is 35.5. The van der Waals surface area contributed by atoms with Gasteiger partial charge >= 0.3 is 5.69 Å². The second-order valence-corrected chi connectivity index (χ2v) is 6.74. The molecule has 0 aliphatic heterocycles. The molecule has 0 spiro atoms. The minimum absolute atomic E-state index is 0. The van der Waals surface area contributed by atoms with E-state index in [1.807, 2.05) is 24.3 Å². The molecule has 6 nitrogen and oxygen atoms in total. The SMILES string of the molecule is CC(C)C(N)CCN(C)C(=O)CCn1c(=O)n(C)c2ccccc21.Cl. The molecule has 7 heteroatoms. The Morgan fingerprint density at radius 3 is 2.44 bits per heavy atom. The van der Waals surface area contributed by atoms with E-state index >= 15 is 0 Å². The van der Waals surface area contributed by atoms with Crippen LogP contribution in [0.3, 0.4) is 0 Å². The van der Waals surface area contributed by atoms with Crippen LogP contribution in [0, 0.1) is 5.92 Å². The fraction of sp³-hybridized carbons (Fsp3) is 0.556. The van der Waals surface area contributed by atoms with Crippen molar-refractivity contribution in [1.82, 2.24) is 14.0 Å². The molecule has 1 aromatic carbocycles. The van der Waals surface area contributed by atoms with Crippen LogP contribution in [0.4, 0.5) is 0 Å². The number of nitrogens with two attached hydrogens (primary N) is 1. The monoisotopic (exact) mass is 368 g/mol. The van der Waals surface area contributed by atoms with Gasteiger partial charge in [0.25, 0.3) is 0 Å². The van der Waals surface area contributed by atoms with Crippen molar-refractivity contribution in [1.29, 1.82) is 0 Å². The quantitative estimate of drug-likeness (QED) is 0.812. The number of carbonyl (C=O) groups excluding carboxylic acids is 1. The molecule has 2 rings (SSSR count). The van der Waals surface area contributed by atoms with Crippen LogP contribution in [-0.2, 0) is 18.4 Å². The van der Waals surface area contributed by atoms with Crippen LogP contribution in [0.15, 0.2) is 29.1 Å². The molecule has 0 bridgehead atoms. The second kappa shape index (κ2) is 9.06. The highest BCUT2D eigenvalue weighted by Crippen LogP contribution is 2.12. The van der Waals surface area contributed by atoms with Gasteiger partial charge in [0.15, 0.2) is 0 Å². The predicted molar refractivity (Wildman–Crippen MR) is 104 cm³/mol. The molecule has 0 aliphatic carbocycles. The van der Waals surface area contributed by atoms with E-state index in [0.717, 1.165) is 17.5 Å². The zero-order valence-electron chi connectivity index (χ0n) is 15.4. The third-order valence-electron chi connectivity index (χ3n) is 4.68. The van der Waals surface area contributed by atoms with Gasteiger partial charge in [0, 0.05) is 39.6 Å². The van der Waals surface area contributed by atoms with Crippen molar-refractivity contribution in [3.63, 3.8) is 0 Å². The molecule has 0 saturated carbocycles. The van der Waals surface area contributed by atoms with E-state index in [4.69, 9.17) is 5.73 Å². The Hall–Kier alpha value is -1.79. The van der Waals surface area contributed by atoms with E-state index in [-0.39, 0.29) is 30.0 Å². The summed E-state index contributed by atoms with van der Waals surface area (Å²) in [6.07, 6.45) is 1.09. The number of carbonyl (C=O) groups is 1. The standard InChI is InChI=1S/C18H28N4O2.ClH/c1-13(2)14(19)9-11-20(3)17(23)10-12-22-16-8-6-5-7-15(16)21(4)18(22)24;/h5-8,13-14H,9-12,19H2,1-4H3;1H. The molecule has 0 radical (unpaired) electrons. The lowest BCUT2D eigenvalue weighted by Gasteiger charge is -2.21. The Labute approximate surface area is 155 Å². The maximum absolute atomic E-state index is 12.3. The Kier molecular flexibility index (Phi) is 7.70. The minimum Gasteiger partial charge on any atom is -0.346 e. The predicted octanol–water partition coefficient (Wildman–Crippen LogP) is 1.98. The van der Waals surface area contributed by atoms with Gasteiger partial charge in [0.05, 0.1) is 11.0 Å². The summed E-state index contributed by atoms with van der Waals surface area (Å²) in [7, 11) is 3.55. The van der Waals surface area contributed by atoms with Crippen molar-refractivity contribution in [3.05, 3.63) is 34.7 Å². The summed E-state index contributed by atoms with van der Waals surface area (Å²) < 4.78 is 3.28. The molecule has 1 atom stereocenters. The van der Waals surface area contributed by atoms with Crippen molar-refractivity contribution in [2.24, 2.45) is 18.7 Å². The first kappa shape index (κ1) is 21.3. The van der Waals surface area contributed by atoms with Gasteiger partial charge in [-0.2, -0.15) is 0 Å². The summed E-state index contributed by atoms with van der Waals surface area (Å²) in [5.41, 5.74) is 7.68. The van der Waals surface area contributed by atoms with E-state index in [1.165, 1.54) is 0 Å². The second-order valence-electron chi connectivity index (χ2n) is 6.74. The third kappa shape index (κ3) is 4.86. The molecule has 1 amide bonds. The van der Waals surface area contributed by atoms with Crippen LogP contribution in [0.5, 0.6) is 0 Å². The summed E-state index contributed by atoms with van der Waals surface area (Å²) in [5.74, 6) is 0.438. The van der Waals surface area contributed by atoms with Crippen LogP contribution >= 0.6 is 12.4 Å². The number of halogens is 1. The fourth-order valence-corrected chi connectivity index (χ4v) is 2.78. The number of imidazole rings is 1. The molecular weight excluding hydrogens is 340 g/mol. The lowest BCUT2D eigenvalue weighted by Crippen LogP contribution is -2.35. The lowest BCUT2D eigenvalue weighted by molar-refractivity contribution is -0.130. The summed E-state index contributed by atoms with van der Waals surface area (Å²) in [5, 5.41) is 0. The summed E-state index contributed by atoms with van der Waals surface area (Å²) in [6.45, 7) is 5.20. The molecule has 2 N–H and O–H groups in total. The fourth-order valence-electron chi connectivity index (χ4n) is 2.78. The van der Waals surface area contributed by atoms with Gasteiger partial charge in [-0.25, -0.2) is 4.79 Å². The molecule has 1 heterocycles. The van der Waals surface area contributed by atoms with Crippen molar-refractivity contribution in [2.45, 2.75) is 39.3 Å². The van der Waals surface area contributed by atoms with Gasteiger partial charge < -0.3 is 10.6 Å². The summed E-state index contributed by atoms with van der Waals surface area (Å²) in [6, 6.07) is 7.73. The molecule has 0 aliphatic rings. The van der Waals surface area contributed by atoms with E-state index in [1.54, 1.807) is 28.1 Å². The van der Waals surface area contributed by atoms with Crippen LogP contribution in [0.1, 0.15) is 26.7 Å². The molecular formula is C18H29ClN4O2. The lowest BCUT2D eigenvalue weighted by atomic mass is 10.0. The number of benzene rings is 1. The van der Waals surface area contributed by atoms with Crippen molar-refractivity contribution >= 4 is 29.3 Å². The van der Waals surface area contributed by atoms with Gasteiger partial charge in [-0.05, 0) is 24.5 Å². The van der Waals surface area contributed by atoms with Gasteiger partial charge in [-0.1, -0.05) is 26.0 Å². The van der Waals surface area contributed by atoms with Gasteiger partial charge in [-0.15, -0.1) is 12.4 Å². The average molecular weight is 369 g/mol. The number of rotatable bonds is 7. The minimum atomic E-state index is -0.0894. The normalized spacial score (nSPS) is 12.2. The number of nitrogens with zero attached hydrogens (tertiary/aromatic N) is 3. The topological polar surface area (TPSA) is 73.3 Å². The number of amides is 1. The largest absolute Gasteiger partial charge is 0.346 e. The number of para-hydroxylation sites is 2. The summed E-state index contributed by atoms with van der Waals surface area (Å²) in [4.78, 5) is 26.4. The molecule has 1 unspecified atom stereocenters. The molecule has 1 aromatic heterocycles. The van der Waals surface area contributed by atoms with Gasteiger partial charge in [0.2, 0.25) is 5.91 Å². The molecule has 0 fully saturated rings. The van der Waals surface area contributed by atoms with E-state index in [2.05, 4.69) is 13.8 Å². The highest BCUT2D eigenvalue weighted by molar-refractivity contribution is 5.85. The van der Waals surface area contributed by atoms with E-state index in [0.29, 0.717) is 25.4 Å². The number of hydrogen-bond donors (Lipinski definition) is 1. The van der Waals surface area contributed by atoms with Gasteiger partial charge in [-0.3, -0.25) is 13.9 Å². The smallest absolute Gasteiger partial charge is 0.328 e. The number of aromatic nitrogens is 2.